The predicted octanol–water partition coefficient (Wildman–Crippen LogP) is 0.977. The van der Waals surface area contributed by atoms with Gasteiger partial charge in [0.15, 0.2) is 0 Å². The van der Waals surface area contributed by atoms with E-state index in [-0.39, 0.29) is 38.7 Å². The lowest BCUT2D eigenvalue weighted by molar-refractivity contribution is -0.141. The van der Waals surface area contributed by atoms with Gasteiger partial charge in [-0.2, -0.15) is 0 Å². The maximum Gasteiger partial charge on any atom is 0.328 e. The molecule has 3 atom stereocenters. The Morgan fingerprint density at radius 1 is 0.978 bits per heavy atom. The second-order valence-electron chi connectivity index (χ2n) is 10.5. The molecule has 0 saturated carbocycles. The van der Waals surface area contributed by atoms with Crippen molar-refractivity contribution in [2.75, 3.05) is 72.6 Å². The molecule has 1 aliphatic carbocycles. The Morgan fingerprint density at radius 3 is 2.22 bits per heavy atom. The van der Waals surface area contributed by atoms with Crippen LogP contribution in [0.5, 0.6) is 0 Å². The fourth-order valence-electron chi connectivity index (χ4n) is 4.29. The van der Waals surface area contributed by atoms with E-state index in [1.54, 1.807) is 6.92 Å². The Labute approximate surface area is 265 Å². The van der Waals surface area contributed by atoms with Gasteiger partial charge in [0.05, 0.1) is 65.4 Å². The van der Waals surface area contributed by atoms with E-state index < -0.39 is 35.8 Å². The number of amides is 3. The highest BCUT2D eigenvalue weighted by atomic mass is 16.6. The molecule has 0 aromatic rings. The van der Waals surface area contributed by atoms with Crippen LogP contribution < -0.4 is 16.0 Å². The predicted molar refractivity (Wildman–Crippen MR) is 165 cm³/mol. The molecule has 254 valence electrons. The number of hydrogen-bond donors (Lipinski definition) is 4. The van der Waals surface area contributed by atoms with Gasteiger partial charge in [0.1, 0.15) is 12.1 Å². The van der Waals surface area contributed by atoms with Crippen molar-refractivity contribution in [3.05, 3.63) is 23.8 Å². The molecule has 45 heavy (non-hydrogen) atoms. The summed E-state index contributed by atoms with van der Waals surface area (Å²) in [6.07, 6.45) is 7.73. The molecule has 1 unspecified atom stereocenters. The van der Waals surface area contributed by atoms with Crippen LogP contribution in [0.25, 0.3) is 0 Å². The summed E-state index contributed by atoms with van der Waals surface area (Å²) in [5.74, 6) is -2.02. The van der Waals surface area contributed by atoms with E-state index in [0.717, 1.165) is 18.6 Å². The molecule has 2 rings (SSSR count). The molecule has 1 fully saturated rings. The summed E-state index contributed by atoms with van der Waals surface area (Å²) in [5, 5.41) is 15.6. The molecule has 0 aromatic carbocycles. The summed E-state index contributed by atoms with van der Waals surface area (Å²) in [4.78, 5) is 49.9. The van der Waals surface area contributed by atoms with Gasteiger partial charge < -0.3 is 49.8 Å². The van der Waals surface area contributed by atoms with E-state index in [2.05, 4.69) is 16.0 Å². The van der Waals surface area contributed by atoms with Crippen molar-refractivity contribution >= 4 is 29.4 Å². The first-order chi connectivity index (χ1) is 21.8. The Hall–Kier alpha value is -3.17. The summed E-state index contributed by atoms with van der Waals surface area (Å²) in [7, 11) is 0. The summed E-state index contributed by atoms with van der Waals surface area (Å²) >= 11 is 0. The third-order valence-corrected chi connectivity index (χ3v) is 6.70. The maximum atomic E-state index is 12.9. The van der Waals surface area contributed by atoms with Gasteiger partial charge >= 0.3 is 5.97 Å². The molecule has 0 spiro atoms. The minimum Gasteiger partial charge on any atom is -0.464 e. The van der Waals surface area contributed by atoms with Crippen LogP contribution in [0.4, 0.5) is 0 Å². The topological polar surface area (TPSA) is 184 Å². The number of cyclic esters (lactones) is 1. The molecular formula is C31H50N4O10. The second-order valence-corrected chi connectivity index (χ2v) is 10.5. The molecule has 1 heterocycles. The molecule has 4 N–H and O–H groups in total. The molecular weight excluding hydrogens is 588 g/mol. The first-order valence-corrected chi connectivity index (χ1v) is 15.7. The van der Waals surface area contributed by atoms with Crippen molar-refractivity contribution in [1.29, 1.82) is 5.41 Å². The quantitative estimate of drug-likeness (QED) is 0.0639. The van der Waals surface area contributed by atoms with E-state index in [1.165, 1.54) is 0 Å². The van der Waals surface area contributed by atoms with E-state index in [0.29, 0.717) is 71.2 Å². The maximum absolute atomic E-state index is 12.9. The molecule has 1 aliphatic heterocycles. The molecule has 0 radical (unpaired) electrons. The fourth-order valence-corrected chi connectivity index (χ4v) is 4.29. The van der Waals surface area contributed by atoms with Gasteiger partial charge in [0.25, 0.3) is 0 Å². The summed E-state index contributed by atoms with van der Waals surface area (Å²) in [6.45, 7) is 8.11. The van der Waals surface area contributed by atoms with Gasteiger partial charge in [-0.25, -0.2) is 4.79 Å². The molecule has 3 amide bonds. The van der Waals surface area contributed by atoms with Crippen LogP contribution in [0.15, 0.2) is 23.8 Å². The van der Waals surface area contributed by atoms with Crippen molar-refractivity contribution in [1.82, 2.24) is 16.0 Å². The Bertz CT molecular complexity index is 1000. The number of ether oxygens (including phenoxy) is 6. The van der Waals surface area contributed by atoms with E-state index in [1.807, 2.05) is 25.2 Å². The summed E-state index contributed by atoms with van der Waals surface area (Å²) < 4.78 is 32.3. The number of nitrogens with one attached hydrogen (secondary N) is 4. The zero-order valence-electron chi connectivity index (χ0n) is 26.6. The van der Waals surface area contributed by atoms with Crippen LogP contribution in [-0.4, -0.2) is 120 Å². The number of allylic oxidation sites excluding steroid dienone is 2. The largest absolute Gasteiger partial charge is 0.464 e. The normalized spacial score (nSPS) is 18.2. The van der Waals surface area contributed by atoms with E-state index >= 15 is 0 Å². The van der Waals surface area contributed by atoms with Crippen LogP contribution in [0.1, 0.15) is 52.4 Å². The van der Waals surface area contributed by atoms with Crippen molar-refractivity contribution in [2.45, 2.75) is 70.6 Å². The summed E-state index contributed by atoms with van der Waals surface area (Å²) in [5.41, 5.74) is 1.37. The van der Waals surface area contributed by atoms with Gasteiger partial charge in [-0.05, 0) is 31.8 Å². The smallest absolute Gasteiger partial charge is 0.328 e. The van der Waals surface area contributed by atoms with E-state index in [9.17, 15) is 19.2 Å². The zero-order valence-corrected chi connectivity index (χ0v) is 26.6. The molecule has 14 heteroatoms. The highest BCUT2D eigenvalue weighted by molar-refractivity contribution is 5.98. The van der Waals surface area contributed by atoms with Gasteiger partial charge in [-0.15, -0.1) is 0 Å². The average molecular weight is 639 g/mol. The van der Waals surface area contributed by atoms with E-state index in [4.69, 9.17) is 33.8 Å². The number of rotatable bonds is 25. The molecule has 2 aliphatic rings. The molecule has 0 bridgehead atoms. The lowest BCUT2D eigenvalue weighted by Gasteiger charge is -2.20. The van der Waals surface area contributed by atoms with Crippen LogP contribution in [0.3, 0.4) is 0 Å². The number of hydrogen-bond acceptors (Lipinski definition) is 11. The minimum atomic E-state index is -1.14. The third-order valence-electron chi connectivity index (χ3n) is 6.70. The lowest BCUT2D eigenvalue weighted by atomic mass is 10.0. The zero-order chi connectivity index (χ0) is 32.7. The first-order valence-electron chi connectivity index (χ1n) is 15.7. The van der Waals surface area contributed by atoms with Gasteiger partial charge in [-0.3, -0.25) is 14.4 Å². The molecule has 0 aromatic heterocycles. The number of carbonyl (C=O) groups is 4. The highest BCUT2D eigenvalue weighted by Gasteiger charge is 2.30. The molecule has 1 saturated heterocycles. The number of carbonyl (C=O) groups excluding carboxylic acids is 4. The van der Waals surface area contributed by atoms with Crippen LogP contribution >= 0.6 is 0 Å². The number of esters is 1. The van der Waals surface area contributed by atoms with Crippen molar-refractivity contribution in [3.8, 4) is 0 Å². The molecule has 14 nitrogen and oxygen atoms in total. The Balaban J connectivity index is 1.66. The van der Waals surface area contributed by atoms with Crippen LogP contribution in [0, 0.1) is 5.41 Å². The van der Waals surface area contributed by atoms with Crippen molar-refractivity contribution < 1.29 is 47.6 Å². The van der Waals surface area contributed by atoms with Crippen molar-refractivity contribution in [2.24, 2.45) is 0 Å². The first kappa shape index (κ1) is 38.0. The highest BCUT2D eigenvalue weighted by Crippen LogP contribution is 2.14. The monoisotopic (exact) mass is 638 g/mol. The van der Waals surface area contributed by atoms with Crippen molar-refractivity contribution in [3.63, 3.8) is 0 Å². The Kier molecular flexibility index (Phi) is 19.6. The van der Waals surface area contributed by atoms with Gasteiger partial charge in [0, 0.05) is 38.3 Å². The van der Waals surface area contributed by atoms with Gasteiger partial charge in [0.2, 0.25) is 17.7 Å². The SMILES string of the molecule is CCCOCCOCCOCCOCCNC(=O)[C@H](CC(=O)N[C@H]1CCOC1=O)NC(=O)CCCOC1C=CC(C(C)=N)=CC1. The van der Waals surface area contributed by atoms with Crippen LogP contribution in [0.2, 0.25) is 0 Å². The lowest BCUT2D eigenvalue weighted by Crippen LogP contribution is -2.50. The standard InChI is InChI=1S/C31H50N4O10/c1-3-12-40-16-18-42-20-21-43-19-17-41-15-11-33-30(38)27(22-29(37)34-26-10-14-45-31(26)39)35-28(36)5-4-13-44-25-8-6-24(7-9-25)23(2)32/h6-8,25-27,32H,3-5,9-22H2,1-2H3,(H,33,38)(H,34,37)(H,35,36)/t25?,26-,27-/m0/s1. The third kappa shape index (κ3) is 17.2. The van der Waals surface area contributed by atoms with Crippen LogP contribution in [-0.2, 0) is 47.6 Å². The minimum absolute atomic E-state index is 0.0955. The Morgan fingerprint density at radius 2 is 1.64 bits per heavy atom. The summed E-state index contributed by atoms with van der Waals surface area (Å²) in [6, 6.07) is -1.90. The second kappa shape index (κ2) is 23.2. The van der Waals surface area contributed by atoms with Gasteiger partial charge in [-0.1, -0.05) is 25.2 Å². The average Bonchev–Trinajstić information content (AvgIpc) is 3.42. The fraction of sp³-hybridized carbons (Fsp3) is 0.710.